The number of aromatic hydroxyl groups is 1. The summed E-state index contributed by atoms with van der Waals surface area (Å²) in [7, 11) is 3.08. The highest BCUT2D eigenvalue weighted by molar-refractivity contribution is 7.10. The van der Waals surface area contributed by atoms with Gasteiger partial charge in [0.1, 0.15) is 17.2 Å². The minimum absolute atomic E-state index is 0.0887. The Morgan fingerprint density at radius 3 is 2.28 bits per heavy atom. The molecule has 4 nitrogen and oxygen atoms in total. The van der Waals surface area contributed by atoms with Crippen LogP contribution >= 0.6 is 11.3 Å². The topological polar surface area (TPSA) is 64.7 Å². The number of phenols is 1. The molecule has 1 aromatic carbocycles. The third-order valence-corrected chi connectivity index (χ3v) is 3.64. The van der Waals surface area contributed by atoms with E-state index in [0.717, 1.165) is 10.4 Å². The highest BCUT2D eigenvalue weighted by atomic mass is 32.1. The number of hydrogen-bond donors (Lipinski definition) is 2. The molecule has 5 heteroatoms. The van der Waals surface area contributed by atoms with Gasteiger partial charge in [0.2, 0.25) is 0 Å². The average molecular weight is 265 g/mol. The number of phenolic OH excluding ortho intramolecular Hbond substituents is 1. The first-order valence-corrected chi connectivity index (χ1v) is 6.29. The van der Waals surface area contributed by atoms with Gasteiger partial charge in [0.15, 0.2) is 0 Å². The molecule has 0 aliphatic carbocycles. The molecular formula is C13H15NO3S. The Balaban J connectivity index is 2.54. The first kappa shape index (κ1) is 12.7. The van der Waals surface area contributed by atoms with Gasteiger partial charge in [-0.05, 0) is 11.4 Å². The lowest BCUT2D eigenvalue weighted by Crippen LogP contribution is -2.13. The zero-order chi connectivity index (χ0) is 13.1. The number of hydrogen-bond acceptors (Lipinski definition) is 5. The number of thiophene rings is 1. The van der Waals surface area contributed by atoms with E-state index in [1.54, 1.807) is 25.6 Å². The van der Waals surface area contributed by atoms with Crippen molar-refractivity contribution in [3.05, 3.63) is 40.1 Å². The molecular weight excluding hydrogens is 250 g/mol. The van der Waals surface area contributed by atoms with Gasteiger partial charge in [-0.2, -0.15) is 0 Å². The molecule has 1 heterocycles. The molecule has 0 amide bonds. The second-order valence-corrected chi connectivity index (χ2v) is 4.74. The van der Waals surface area contributed by atoms with Gasteiger partial charge >= 0.3 is 0 Å². The Hall–Kier alpha value is -1.72. The van der Waals surface area contributed by atoms with Gasteiger partial charge in [-0.1, -0.05) is 6.07 Å². The fraction of sp³-hybridized carbons (Fsp3) is 0.231. The predicted octanol–water partition coefficient (Wildman–Crippen LogP) is 2.52. The molecule has 0 unspecified atom stereocenters. The van der Waals surface area contributed by atoms with Gasteiger partial charge in [-0.25, -0.2) is 0 Å². The van der Waals surface area contributed by atoms with E-state index < -0.39 is 0 Å². The fourth-order valence-electron chi connectivity index (χ4n) is 1.84. The molecule has 96 valence electrons. The summed E-state index contributed by atoms with van der Waals surface area (Å²) in [5.74, 6) is 1.13. The van der Waals surface area contributed by atoms with E-state index in [1.807, 2.05) is 17.5 Å². The van der Waals surface area contributed by atoms with Crippen LogP contribution in [0.5, 0.6) is 17.2 Å². The van der Waals surface area contributed by atoms with Crippen molar-refractivity contribution in [1.29, 1.82) is 0 Å². The van der Waals surface area contributed by atoms with Gasteiger partial charge in [-0.3, -0.25) is 0 Å². The van der Waals surface area contributed by atoms with Crippen LogP contribution in [0.25, 0.3) is 0 Å². The minimum Gasteiger partial charge on any atom is -0.508 e. The number of rotatable bonds is 4. The minimum atomic E-state index is -0.338. The van der Waals surface area contributed by atoms with Crippen LogP contribution < -0.4 is 15.2 Å². The van der Waals surface area contributed by atoms with E-state index in [0.29, 0.717) is 11.5 Å². The summed E-state index contributed by atoms with van der Waals surface area (Å²) in [6, 6.07) is 6.63. The molecule has 0 aliphatic heterocycles. The maximum atomic E-state index is 9.59. The Kier molecular flexibility index (Phi) is 3.74. The smallest absolute Gasteiger partial charge is 0.131 e. The van der Waals surface area contributed by atoms with Gasteiger partial charge in [-0.15, -0.1) is 11.3 Å². The zero-order valence-corrected chi connectivity index (χ0v) is 11.0. The number of nitrogens with two attached hydrogens (primary N) is 1. The summed E-state index contributed by atoms with van der Waals surface area (Å²) in [6.45, 7) is 0. The lowest BCUT2D eigenvalue weighted by Gasteiger charge is -2.18. The van der Waals surface area contributed by atoms with Crippen molar-refractivity contribution in [3.8, 4) is 17.2 Å². The van der Waals surface area contributed by atoms with E-state index in [-0.39, 0.29) is 11.8 Å². The van der Waals surface area contributed by atoms with Gasteiger partial charge < -0.3 is 20.3 Å². The van der Waals surface area contributed by atoms with E-state index in [9.17, 15) is 5.11 Å². The van der Waals surface area contributed by atoms with Crippen LogP contribution in [0.2, 0.25) is 0 Å². The van der Waals surface area contributed by atoms with Gasteiger partial charge in [0.25, 0.3) is 0 Å². The second-order valence-electron chi connectivity index (χ2n) is 3.76. The summed E-state index contributed by atoms with van der Waals surface area (Å²) < 4.78 is 10.5. The summed E-state index contributed by atoms with van der Waals surface area (Å²) in [4.78, 5) is 1.01. The average Bonchev–Trinajstić information content (AvgIpc) is 2.90. The van der Waals surface area contributed by atoms with Gasteiger partial charge in [0.05, 0.1) is 25.8 Å². The van der Waals surface area contributed by atoms with Crippen LogP contribution in [0.15, 0.2) is 29.6 Å². The molecule has 0 bridgehead atoms. The molecule has 0 saturated heterocycles. The largest absolute Gasteiger partial charge is 0.508 e. The van der Waals surface area contributed by atoms with Crippen molar-refractivity contribution in [1.82, 2.24) is 0 Å². The van der Waals surface area contributed by atoms with E-state index in [2.05, 4.69) is 0 Å². The molecule has 18 heavy (non-hydrogen) atoms. The Morgan fingerprint density at radius 1 is 1.22 bits per heavy atom. The number of ether oxygens (including phenoxy) is 2. The molecule has 0 spiro atoms. The van der Waals surface area contributed by atoms with Crippen molar-refractivity contribution in [2.75, 3.05) is 14.2 Å². The van der Waals surface area contributed by atoms with E-state index >= 15 is 0 Å². The van der Waals surface area contributed by atoms with Gasteiger partial charge in [0, 0.05) is 17.0 Å². The summed E-state index contributed by atoms with van der Waals surface area (Å²) >= 11 is 1.57. The second kappa shape index (κ2) is 5.29. The lowest BCUT2D eigenvalue weighted by atomic mass is 10.0. The Bertz CT molecular complexity index is 500. The van der Waals surface area contributed by atoms with Crippen molar-refractivity contribution >= 4 is 11.3 Å². The maximum absolute atomic E-state index is 9.59. The van der Waals surface area contributed by atoms with E-state index in [1.165, 1.54) is 12.1 Å². The SMILES string of the molecule is COc1cc(O)cc(OC)c1[C@@H](N)c1cccs1. The van der Waals surface area contributed by atoms with Crippen LogP contribution in [0.3, 0.4) is 0 Å². The van der Waals surface area contributed by atoms with Crippen molar-refractivity contribution in [3.63, 3.8) is 0 Å². The summed E-state index contributed by atoms with van der Waals surface area (Å²) in [6.07, 6.45) is 0. The van der Waals surface area contributed by atoms with Crippen LogP contribution in [0.4, 0.5) is 0 Å². The molecule has 0 radical (unpaired) electrons. The summed E-state index contributed by atoms with van der Waals surface area (Å²) in [5.41, 5.74) is 6.97. The fourth-order valence-corrected chi connectivity index (χ4v) is 2.58. The van der Waals surface area contributed by atoms with Crippen LogP contribution in [-0.4, -0.2) is 19.3 Å². The van der Waals surface area contributed by atoms with Crippen LogP contribution in [-0.2, 0) is 0 Å². The monoisotopic (exact) mass is 265 g/mol. The third-order valence-electron chi connectivity index (χ3n) is 2.69. The predicted molar refractivity (Wildman–Crippen MR) is 71.6 cm³/mol. The van der Waals surface area contributed by atoms with Crippen molar-refractivity contribution in [2.45, 2.75) is 6.04 Å². The standard InChI is InChI=1S/C13H15NO3S/c1-16-9-6-8(15)7-10(17-2)12(9)13(14)11-4-3-5-18-11/h3-7,13,15H,14H2,1-2H3/t13-/m0/s1. The van der Waals surface area contributed by atoms with Crippen LogP contribution in [0.1, 0.15) is 16.5 Å². The van der Waals surface area contributed by atoms with E-state index in [4.69, 9.17) is 15.2 Å². The Morgan fingerprint density at radius 2 is 1.83 bits per heavy atom. The molecule has 2 rings (SSSR count). The zero-order valence-electron chi connectivity index (χ0n) is 10.2. The molecule has 1 aromatic heterocycles. The molecule has 1 atom stereocenters. The number of benzene rings is 1. The molecule has 0 saturated carbocycles. The van der Waals surface area contributed by atoms with Crippen molar-refractivity contribution < 1.29 is 14.6 Å². The molecule has 3 N–H and O–H groups in total. The van der Waals surface area contributed by atoms with Crippen molar-refractivity contribution in [2.24, 2.45) is 5.73 Å². The first-order valence-electron chi connectivity index (χ1n) is 5.41. The highest BCUT2D eigenvalue weighted by Gasteiger charge is 2.21. The third kappa shape index (κ3) is 2.27. The normalized spacial score (nSPS) is 12.2. The molecule has 2 aromatic rings. The summed E-state index contributed by atoms with van der Waals surface area (Å²) in [5, 5.41) is 11.6. The Labute approximate surface area is 110 Å². The number of methoxy groups -OCH3 is 2. The van der Waals surface area contributed by atoms with Crippen LogP contribution in [0, 0.1) is 0 Å². The first-order chi connectivity index (χ1) is 8.67. The lowest BCUT2D eigenvalue weighted by molar-refractivity contribution is 0.374. The molecule has 0 aliphatic rings. The highest BCUT2D eigenvalue weighted by Crippen LogP contribution is 2.40. The molecule has 0 fully saturated rings. The quantitative estimate of drug-likeness (QED) is 0.891. The maximum Gasteiger partial charge on any atom is 0.131 e.